The molecule has 0 radical (unpaired) electrons. The van der Waals surface area contributed by atoms with Gasteiger partial charge < -0.3 is 19.3 Å². The van der Waals surface area contributed by atoms with Crippen LogP contribution in [0.2, 0.25) is 0 Å². The standard InChI is InChI=1S/C25H32N4O5S/c1-4-32-22-12-9-17(15-23(22)33-5-2)16-24-28-25(29-34-24)20-8-6-7-19-18(20)10-11-21(19)27-13-14-35(30,31)26-3/h6-9,12,15,21,26-27H,4-5,10-11,13-14,16H2,1-3H3. The Morgan fingerprint density at radius 1 is 1.11 bits per heavy atom. The number of hydrogen-bond donors (Lipinski definition) is 2. The average molecular weight is 501 g/mol. The van der Waals surface area contributed by atoms with Crippen LogP contribution in [-0.4, -0.2) is 51.1 Å². The van der Waals surface area contributed by atoms with Crippen molar-refractivity contribution in [2.75, 3.05) is 32.6 Å². The molecule has 0 bridgehead atoms. The van der Waals surface area contributed by atoms with E-state index >= 15 is 0 Å². The van der Waals surface area contributed by atoms with Crippen LogP contribution in [0.1, 0.15) is 48.9 Å². The van der Waals surface area contributed by atoms with Crippen molar-refractivity contribution in [3.63, 3.8) is 0 Å². The molecule has 3 aromatic rings. The minimum absolute atomic E-state index is 0.0415. The van der Waals surface area contributed by atoms with Crippen molar-refractivity contribution in [1.82, 2.24) is 20.2 Å². The van der Waals surface area contributed by atoms with E-state index in [-0.39, 0.29) is 11.8 Å². The smallest absolute Gasteiger partial charge is 0.231 e. The third-order valence-electron chi connectivity index (χ3n) is 6.02. The Morgan fingerprint density at radius 2 is 1.91 bits per heavy atom. The summed E-state index contributed by atoms with van der Waals surface area (Å²) in [6.07, 6.45) is 2.24. The summed E-state index contributed by atoms with van der Waals surface area (Å²) in [5.41, 5.74) is 4.27. The minimum atomic E-state index is -3.23. The molecule has 1 aliphatic carbocycles. The number of ether oxygens (including phenoxy) is 2. The fraction of sp³-hybridized carbons (Fsp3) is 0.440. The molecular formula is C25H32N4O5S. The van der Waals surface area contributed by atoms with E-state index in [0.29, 0.717) is 43.6 Å². The molecule has 0 saturated carbocycles. The Labute approximate surface area is 206 Å². The molecule has 0 aliphatic heterocycles. The maximum Gasteiger partial charge on any atom is 0.231 e. The van der Waals surface area contributed by atoms with Gasteiger partial charge in [0.1, 0.15) is 0 Å². The van der Waals surface area contributed by atoms with Crippen molar-refractivity contribution in [3.05, 3.63) is 59.0 Å². The molecule has 0 spiro atoms. The first-order chi connectivity index (χ1) is 16.9. The Hall–Kier alpha value is -2.95. The van der Waals surface area contributed by atoms with E-state index in [0.717, 1.165) is 35.3 Å². The maximum atomic E-state index is 11.7. The zero-order valence-corrected chi connectivity index (χ0v) is 21.2. The summed E-state index contributed by atoms with van der Waals surface area (Å²) in [5.74, 6) is 2.55. The Morgan fingerprint density at radius 3 is 2.69 bits per heavy atom. The molecule has 1 unspecified atom stereocenters. The Balaban J connectivity index is 1.48. The van der Waals surface area contributed by atoms with Crippen LogP contribution in [-0.2, 0) is 22.9 Å². The molecule has 0 saturated heterocycles. The van der Waals surface area contributed by atoms with Gasteiger partial charge >= 0.3 is 0 Å². The average Bonchev–Trinajstić information content (AvgIpc) is 3.48. The van der Waals surface area contributed by atoms with Gasteiger partial charge in [-0.15, -0.1) is 0 Å². The van der Waals surface area contributed by atoms with Crippen LogP contribution in [0, 0.1) is 0 Å². The monoisotopic (exact) mass is 500 g/mol. The quantitative estimate of drug-likeness (QED) is 0.389. The Kier molecular flexibility index (Phi) is 8.04. The van der Waals surface area contributed by atoms with Crippen molar-refractivity contribution >= 4 is 10.0 Å². The molecule has 1 aliphatic rings. The lowest BCUT2D eigenvalue weighted by Crippen LogP contribution is -2.31. The van der Waals surface area contributed by atoms with Crippen molar-refractivity contribution in [2.24, 2.45) is 0 Å². The molecule has 2 aromatic carbocycles. The number of aromatic nitrogens is 2. The van der Waals surface area contributed by atoms with Gasteiger partial charge in [0.2, 0.25) is 21.7 Å². The van der Waals surface area contributed by atoms with E-state index < -0.39 is 10.0 Å². The summed E-state index contributed by atoms with van der Waals surface area (Å²) in [6.45, 7) is 5.38. The summed E-state index contributed by atoms with van der Waals surface area (Å²) in [4.78, 5) is 4.66. The predicted molar refractivity (Wildman–Crippen MR) is 133 cm³/mol. The van der Waals surface area contributed by atoms with Gasteiger partial charge in [0.15, 0.2) is 11.5 Å². The topological polar surface area (TPSA) is 116 Å². The first kappa shape index (κ1) is 25.2. The van der Waals surface area contributed by atoms with Crippen molar-refractivity contribution in [2.45, 2.75) is 39.2 Å². The summed E-state index contributed by atoms with van der Waals surface area (Å²) in [6, 6.07) is 12.0. The fourth-order valence-electron chi connectivity index (χ4n) is 4.36. The molecule has 188 valence electrons. The normalized spacial score (nSPS) is 15.2. The number of benzene rings is 2. The highest BCUT2D eigenvalue weighted by Crippen LogP contribution is 2.37. The van der Waals surface area contributed by atoms with Crippen LogP contribution in [0.15, 0.2) is 40.9 Å². The maximum absolute atomic E-state index is 11.7. The van der Waals surface area contributed by atoms with Crippen molar-refractivity contribution in [1.29, 1.82) is 0 Å². The summed E-state index contributed by atoms with van der Waals surface area (Å²) in [7, 11) is -1.80. The van der Waals surface area contributed by atoms with Gasteiger partial charge in [-0.3, -0.25) is 0 Å². The summed E-state index contributed by atoms with van der Waals surface area (Å²) >= 11 is 0. The molecule has 2 N–H and O–H groups in total. The van der Waals surface area contributed by atoms with E-state index in [2.05, 4.69) is 26.2 Å². The molecular weight excluding hydrogens is 468 g/mol. The first-order valence-electron chi connectivity index (χ1n) is 11.9. The highest BCUT2D eigenvalue weighted by atomic mass is 32.2. The Bertz CT molecular complexity index is 1260. The van der Waals surface area contributed by atoms with Gasteiger partial charge in [0.05, 0.1) is 25.4 Å². The van der Waals surface area contributed by atoms with Gasteiger partial charge in [-0.05, 0) is 62.6 Å². The van der Waals surface area contributed by atoms with E-state index in [1.807, 2.05) is 44.2 Å². The molecule has 9 nitrogen and oxygen atoms in total. The van der Waals surface area contributed by atoms with E-state index in [1.165, 1.54) is 12.6 Å². The lowest BCUT2D eigenvalue weighted by molar-refractivity contribution is 0.287. The molecule has 10 heteroatoms. The lowest BCUT2D eigenvalue weighted by Gasteiger charge is -2.14. The minimum Gasteiger partial charge on any atom is -0.490 e. The molecule has 0 amide bonds. The summed E-state index contributed by atoms with van der Waals surface area (Å²) < 4.78 is 42.7. The lowest BCUT2D eigenvalue weighted by atomic mass is 10.0. The number of rotatable bonds is 12. The molecule has 0 fully saturated rings. The zero-order valence-electron chi connectivity index (χ0n) is 20.3. The zero-order chi connectivity index (χ0) is 24.8. The van der Waals surface area contributed by atoms with E-state index in [1.54, 1.807) is 0 Å². The molecule has 35 heavy (non-hydrogen) atoms. The van der Waals surface area contributed by atoms with E-state index in [9.17, 15) is 8.42 Å². The van der Waals surface area contributed by atoms with Crippen LogP contribution >= 0.6 is 0 Å². The summed E-state index contributed by atoms with van der Waals surface area (Å²) in [5, 5.41) is 7.61. The molecule has 1 atom stereocenters. The third kappa shape index (κ3) is 6.01. The number of fused-ring (bicyclic) bond motifs is 1. The SMILES string of the molecule is CCOc1ccc(Cc2nc(-c3cccc4c3CCC4NCCS(=O)(=O)NC)no2)cc1OCC. The fourth-order valence-corrected chi connectivity index (χ4v) is 4.95. The number of hydrogen-bond acceptors (Lipinski definition) is 8. The van der Waals surface area contributed by atoms with E-state index in [4.69, 9.17) is 14.0 Å². The second-order valence-electron chi connectivity index (χ2n) is 8.28. The van der Waals surface area contributed by atoms with Crippen LogP contribution in [0.3, 0.4) is 0 Å². The van der Waals surface area contributed by atoms with Gasteiger partial charge in [-0.25, -0.2) is 13.1 Å². The predicted octanol–water partition coefficient (Wildman–Crippen LogP) is 3.25. The second kappa shape index (κ2) is 11.2. The highest BCUT2D eigenvalue weighted by molar-refractivity contribution is 7.89. The van der Waals surface area contributed by atoms with Gasteiger partial charge in [0.25, 0.3) is 0 Å². The van der Waals surface area contributed by atoms with Gasteiger partial charge in [-0.1, -0.05) is 29.4 Å². The van der Waals surface area contributed by atoms with Crippen LogP contribution in [0.4, 0.5) is 0 Å². The number of nitrogens with zero attached hydrogens (tertiary/aromatic N) is 2. The third-order valence-corrected chi connectivity index (χ3v) is 7.38. The second-order valence-corrected chi connectivity index (χ2v) is 10.3. The highest BCUT2D eigenvalue weighted by Gasteiger charge is 2.26. The first-order valence-corrected chi connectivity index (χ1v) is 13.6. The largest absolute Gasteiger partial charge is 0.490 e. The van der Waals surface area contributed by atoms with Crippen LogP contribution in [0.25, 0.3) is 11.4 Å². The number of nitrogens with one attached hydrogen (secondary N) is 2. The van der Waals surface area contributed by atoms with Crippen LogP contribution in [0.5, 0.6) is 11.5 Å². The molecule has 1 heterocycles. The van der Waals surface area contributed by atoms with Crippen molar-refractivity contribution < 1.29 is 22.4 Å². The van der Waals surface area contributed by atoms with Crippen LogP contribution < -0.4 is 19.5 Å². The van der Waals surface area contributed by atoms with Crippen molar-refractivity contribution in [3.8, 4) is 22.9 Å². The van der Waals surface area contributed by atoms with Gasteiger partial charge in [-0.2, -0.15) is 4.98 Å². The number of sulfonamides is 1. The molecule has 1 aromatic heterocycles. The molecule has 4 rings (SSSR count). The van der Waals surface area contributed by atoms with Gasteiger partial charge in [0, 0.05) is 18.2 Å².